The number of ether oxygens (including phenoxy) is 3. The van der Waals surface area contributed by atoms with Crippen molar-refractivity contribution in [3.05, 3.63) is 288 Å². The standard InChI is InChI=1S/C19H18O4.C19H16O2S.C17H13NO2S.C11H12O3.C8H7BrO.C4H9O.K/c1-2-23-19(22)16(18(21)15-11-7-4-8-12-15)13-17(20)14-9-5-3-6-10-14;1-2-21-19(20)16-13-17(14-9-5-3-6-10-14)22-18(16)15-11-7-4-8-12-15;19-17(18-20)14-11-15(12-7-3-1-4-8-12)21-16(14)13-9-5-2-6-10-13;1-2-14-11(13)8-10(12)9-6-4-3-5-7-9;9-6-8(10)7-4-2-1-3-5-7;1-4(2,3)5;/h3-12,16H,2,13H2,1H3;3-13H,2H2,1H3;1-11,20H,(H,18,19);3-7H,2,8H2,1H3;1-5H,6H2;1-3H3;/q;;;;;-1;+1. The maximum atomic E-state index is 12.6. The summed E-state index contributed by atoms with van der Waals surface area (Å²) in [4.78, 5) is 98.5. The topological polar surface area (TPSA) is 220 Å². The summed E-state index contributed by atoms with van der Waals surface area (Å²) >= 11 is 6.26. The molecule has 8 aromatic carbocycles. The minimum absolute atomic E-state index is 0. The minimum atomic E-state index is -1.12. The summed E-state index contributed by atoms with van der Waals surface area (Å²) in [5.41, 5.74) is 8.43. The number of Topliss-reactive ketones (excluding diaryl/α,β-unsaturated/α-hetero) is 4. The molecule has 2 heterocycles. The Balaban J connectivity index is 0.000000256. The van der Waals surface area contributed by atoms with Gasteiger partial charge in [-0.05, 0) is 55.2 Å². The number of carbonyl (C=O) groups excluding carboxylic acids is 8. The molecule has 0 bridgehead atoms. The van der Waals surface area contributed by atoms with Crippen molar-refractivity contribution in [2.75, 3.05) is 25.2 Å². The third kappa shape index (κ3) is 27.8. The number of hydrogen-bond donors (Lipinski definition) is 2. The van der Waals surface area contributed by atoms with Gasteiger partial charge < -0.3 is 19.3 Å². The van der Waals surface area contributed by atoms with E-state index in [1.807, 2.05) is 165 Å². The van der Waals surface area contributed by atoms with Crippen LogP contribution in [0.1, 0.15) is 117 Å². The van der Waals surface area contributed by atoms with Gasteiger partial charge in [0.1, 0.15) is 12.3 Å². The van der Waals surface area contributed by atoms with Crippen molar-refractivity contribution in [3.8, 4) is 41.8 Å². The number of nitrogens with one attached hydrogen (secondary N) is 1. The molecule has 18 heteroatoms. The second-order valence-electron chi connectivity index (χ2n) is 21.2. The molecular weight excluding hydrogens is 1340 g/mol. The van der Waals surface area contributed by atoms with Crippen LogP contribution in [0.5, 0.6) is 0 Å². The third-order valence-corrected chi connectivity index (χ3v) is 15.8. The van der Waals surface area contributed by atoms with E-state index in [-0.39, 0.29) is 94.2 Å². The molecule has 1 atom stereocenters. The molecule has 0 saturated heterocycles. The van der Waals surface area contributed by atoms with Crippen LogP contribution in [-0.4, -0.2) is 82.9 Å². The Morgan fingerprint density at radius 1 is 0.458 bits per heavy atom. The van der Waals surface area contributed by atoms with Crippen molar-refractivity contribution in [1.29, 1.82) is 0 Å². The summed E-state index contributed by atoms with van der Waals surface area (Å²) in [5, 5.41) is 19.4. The number of hydroxylamine groups is 1. The monoisotopic (exact) mass is 1420 g/mol. The van der Waals surface area contributed by atoms with Crippen LogP contribution >= 0.6 is 38.6 Å². The smallest absolute Gasteiger partial charge is 0.850 e. The van der Waals surface area contributed by atoms with E-state index in [1.165, 1.54) is 11.3 Å². The quantitative estimate of drug-likeness (QED) is 0.0106. The molecular formula is C78H75BrKNO13S2. The average Bonchev–Trinajstić information content (AvgIpc) is 1.49. The fourth-order valence-electron chi connectivity index (χ4n) is 8.50. The molecule has 2 N–H and O–H groups in total. The predicted octanol–water partition coefficient (Wildman–Crippen LogP) is 14.0. The number of thiophene rings is 2. The number of alkyl halides is 1. The van der Waals surface area contributed by atoms with Gasteiger partial charge in [-0.25, -0.2) is 10.3 Å². The third-order valence-electron chi connectivity index (χ3n) is 12.8. The molecule has 0 spiro atoms. The van der Waals surface area contributed by atoms with E-state index in [1.54, 1.807) is 136 Å². The molecule has 1 amide bonds. The SMILES string of the molecule is CC(C)(C)[O-].CCOC(=O)C(CC(=O)c1ccccc1)C(=O)c1ccccc1.CCOC(=O)CC(=O)c1ccccc1.CCOC(=O)c1cc(-c2ccccc2)sc1-c1ccccc1.O=C(CBr)c1ccccc1.O=C(NO)c1cc(-c2ccccc2)sc1-c1ccccc1.[K+]. The number of ketones is 4. The van der Waals surface area contributed by atoms with Crippen LogP contribution in [0.2, 0.25) is 0 Å². The second-order valence-corrected chi connectivity index (χ2v) is 23.8. The van der Waals surface area contributed by atoms with Crippen molar-refractivity contribution >= 4 is 85.6 Å². The zero-order chi connectivity index (χ0) is 69.0. The van der Waals surface area contributed by atoms with Gasteiger partial charge in [-0.1, -0.05) is 279 Å². The largest absolute Gasteiger partial charge is 1.00 e. The van der Waals surface area contributed by atoms with E-state index in [9.17, 15) is 43.5 Å². The summed E-state index contributed by atoms with van der Waals surface area (Å²) in [5.74, 6) is -3.74. The van der Waals surface area contributed by atoms with Gasteiger partial charge in [-0.15, -0.1) is 28.3 Å². The van der Waals surface area contributed by atoms with Gasteiger partial charge in [0, 0.05) is 48.2 Å². The summed E-state index contributed by atoms with van der Waals surface area (Å²) in [6.07, 6.45) is -0.381. The van der Waals surface area contributed by atoms with Gasteiger partial charge in [0.25, 0.3) is 5.91 Å². The number of hydrogen-bond acceptors (Lipinski definition) is 15. The number of esters is 3. The van der Waals surface area contributed by atoms with Gasteiger partial charge in [0.05, 0.1) is 36.3 Å². The normalized spacial score (nSPS) is 10.4. The number of carbonyl (C=O) groups is 8. The Morgan fingerprint density at radius 3 is 1.15 bits per heavy atom. The van der Waals surface area contributed by atoms with Gasteiger partial charge in [0.2, 0.25) is 0 Å². The molecule has 14 nitrogen and oxygen atoms in total. The summed E-state index contributed by atoms with van der Waals surface area (Å²) < 4.78 is 14.9. The van der Waals surface area contributed by atoms with Gasteiger partial charge >= 0.3 is 69.3 Å². The Labute approximate surface area is 620 Å². The zero-order valence-corrected chi connectivity index (χ0v) is 61.0. The van der Waals surface area contributed by atoms with Crippen molar-refractivity contribution in [3.63, 3.8) is 0 Å². The molecule has 0 fully saturated rings. The van der Waals surface area contributed by atoms with E-state index in [4.69, 9.17) is 14.7 Å². The summed E-state index contributed by atoms with van der Waals surface area (Å²) in [7, 11) is 0. The Morgan fingerprint density at radius 2 is 0.781 bits per heavy atom. The Bertz CT molecular complexity index is 3980. The van der Waals surface area contributed by atoms with E-state index in [0.717, 1.165) is 47.3 Å². The van der Waals surface area contributed by atoms with Gasteiger partial charge in [-0.2, -0.15) is 0 Å². The Kier molecular flexibility index (Phi) is 36.5. The van der Waals surface area contributed by atoms with Gasteiger partial charge in [0.15, 0.2) is 23.1 Å². The maximum absolute atomic E-state index is 12.6. The van der Waals surface area contributed by atoms with E-state index in [0.29, 0.717) is 46.4 Å². The van der Waals surface area contributed by atoms with Crippen molar-refractivity contribution in [1.82, 2.24) is 5.48 Å². The first-order chi connectivity index (χ1) is 45.8. The van der Waals surface area contributed by atoms with Crippen molar-refractivity contribution < 1.29 is 114 Å². The fraction of sp³-hybridized carbons (Fsp3) is 0.179. The molecule has 0 aliphatic heterocycles. The van der Waals surface area contributed by atoms with Gasteiger partial charge in [-0.3, -0.25) is 38.8 Å². The number of benzene rings is 8. The molecule has 0 aliphatic rings. The van der Waals surface area contributed by atoms with E-state index < -0.39 is 35.1 Å². The average molecular weight is 1420 g/mol. The molecule has 2 aromatic heterocycles. The van der Waals surface area contributed by atoms with Crippen LogP contribution in [0.3, 0.4) is 0 Å². The first-order valence-corrected chi connectivity index (χ1v) is 33.1. The molecule has 0 radical (unpaired) electrons. The van der Waals surface area contributed by atoms with Crippen LogP contribution in [0, 0.1) is 5.92 Å². The minimum Gasteiger partial charge on any atom is -0.850 e. The molecule has 0 saturated carbocycles. The van der Waals surface area contributed by atoms with E-state index in [2.05, 4.69) is 32.8 Å². The van der Waals surface area contributed by atoms with Crippen molar-refractivity contribution in [2.45, 2.75) is 60.0 Å². The molecule has 10 aromatic rings. The molecule has 0 aliphatic carbocycles. The molecule has 1 unspecified atom stereocenters. The Hall–Kier alpha value is -8.24. The van der Waals surface area contributed by atoms with Crippen LogP contribution < -0.4 is 62.0 Å². The second kappa shape index (κ2) is 43.8. The van der Waals surface area contributed by atoms with Crippen LogP contribution in [0.4, 0.5) is 0 Å². The zero-order valence-electron chi connectivity index (χ0n) is 54.6. The first-order valence-electron chi connectivity index (χ1n) is 30.3. The van der Waals surface area contributed by atoms with Crippen LogP contribution in [0.15, 0.2) is 255 Å². The van der Waals surface area contributed by atoms with Crippen molar-refractivity contribution in [2.24, 2.45) is 5.92 Å². The number of amides is 1. The number of halogens is 1. The molecule has 96 heavy (non-hydrogen) atoms. The van der Waals surface area contributed by atoms with E-state index >= 15 is 0 Å². The molecule has 490 valence electrons. The summed E-state index contributed by atoms with van der Waals surface area (Å²) in [6.45, 7) is 10.9. The summed E-state index contributed by atoms with van der Waals surface area (Å²) in [6, 6.07) is 78.4. The first kappa shape index (κ1) is 80.2. The predicted molar refractivity (Wildman–Crippen MR) is 378 cm³/mol. The van der Waals surface area contributed by atoms with Crippen LogP contribution in [0.25, 0.3) is 41.8 Å². The maximum Gasteiger partial charge on any atom is 1.00 e. The molecule has 10 rings (SSSR count). The number of rotatable bonds is 20. The fourth-order valence-corrected chi connectivity index (χ4v) is 11.1. The van der Waals surface area contributed by atoms with Crippen LogP contribution in [-0.2, 0) is 23.8 Å².